The van der Waals surface area contributed by atoms with Gasteiger partial charge in [-0.05, 0) is 56.3 Å². The number of rotatable bonds is 3. The Hall–Kier alpha value is -0.380. The first kappa shape index (κ1) is 11.7. The predicted molar refractivity (Wildman–Crippen MR) is 59.8 cm³/mol. The SMILES string of the molecule is O=C(O)P(=O)(O)OC12CC3CC(CC(C3)C1)C2. The first-order valence-electron chi connectivity index (χ1n) is 6.16. The third kappa shape index (κ3) is 1.94. The number of carboxylic acid groups (broad SMARTS) is 1. The summed E-state index contributed by atoms with van der Waals surface area (Å²) in [4.78, 5) is 20.1. The Kier molecular flexibility index (Phi) is 2.45. The zero-order chi connectivity index (χ0) is 12.3. The standard InChI is InChI=1S/C11H17O5P/c12-10(13)17(14,15)16-11-4-7-1-8(5-11)3-9(2-7)6-11/h7-9H,1-6H2,(H,12,13)(H,14,15). The predicted octanol–water partition coefficient (Wildman–Crippen LogP) is 2.84. The Bertz CT molecular complexity index is 369. The molecule has 4 aliphatic rings. The van der Waals surface area contributed by atoms with Crippen LogP contribution in [0.15, 0.2) is 0 Å². The zero-order valence-electron chi connectivity index (χ0n) is 9.54. The highest BCUT2D eigenvalue weighted by Gasteiger charge is 2.55. The lowest BCUT2D eigenvalue weighted by molar-refractivity contribution is -0.110. The van der Waals surface area contributed by atoms with Crippen LogP contribution in [0.25, 0.3) is 0 Å². The van der Waals surface area contributed by atoms with Crippen LogP contribution in [-0.4, -0.2) is 21.3 Å². The van der Waals surface area contributed by atoms with Crippen molar-refractivity contribution >= 4 is 13.3 Å². The fraction of sp³-hybridized carbons (Fsp3) is 0.909. The van der Waals surface area contributed by atoms with Gasteiger partial charge in [0.1, 0.15) is 0 Å². The Labute approximate surface area is 99.7 Å². The van der Waals surface area contributed by atoms with E-state index in [1.807, 2.05) is 0 Å². The van der Waals surface area contributed by atoms with Crippen LogP contribution in [0, 0.1) is 17.8 Å². The summed E-state index contributed by atoms with van der Waals surface area (Å²) in [6, 6.07) is 0. The maximum Gasteiger partial charge on any atom is 0.436 e. The molecule has 4 rings (SSSR count). The third-order valence-electron chi connectivity index (χ3n) is 4.54. The second-order valence-corrected chi connectivity index (χ2v) is 7.60. The molecule has 0 amide bonds. The summed E-state index contributed by atoms with van der Waals surface area (Å²) < 4.78 is 16.7. The molecule has 0 aromatic rings. The summed E-state index contributed by atoms with van der Waals surface area (Å²) in [6.07, 6.45) is 5.84. The van der Waals surface area contributed by atoms with E-state index in [0.29, 0.717) is 17.8 Å². The quantitative estimate of drug-likeness (QED) is 0.762. The van der Waals surface area contributed by atoms with Crippen LogP contribution in [0.1, 0.15) is 38.5 Å². The summed E-state index contributed by atoms with van der Waals surface area (Å²) in [5.41, 5.74) is -2.36. The molecule has 17 heavy (non-hydrogen) atoms. The van der Waals surface area contributed by atoms with Crippen molar-refractivity contribution in [2.45, 2.75) is 44.1 Å². The molecule has 0 radical (unpaired) electrons. The van der Waals surface area contributed by atoms with Crippen LogP contribution >= 0.6 is 7.60 Å². The molecular weight excluding hydrogens is 243 g/mol. The van der Waals surface area contributed by atoms with Crippen molar-refractivity contribution < 1.29 is 23.9 Å². The van der Waals surface area contributed by atoms with Gasteiger partial charge in [0.15, 0.2) is 0 Å². The van der Waals surface area contributed by atoms with E-state index in [0.717, 1.165) is 19.3 Å². The summed E-state index contributed by atoms with van der Waals surface area (Å²) in [5, 5.41) is 8.70. The minimum atomic E-state index is -4.50. The van der Waals surface area contributed by atoms with Crippen molar-refractivity contribution in [2.75, 3.05) is 0 Å². The molecule has 0 saturated heterocycles. The van der Waals surface area contributed by atoms with Gasteiger partial charge in [-0.15, -0.1) is 0 Å². The second-order valence-electron chi connectivity index (χ2n) is 5.99. The zero-order valence-corrected chi connectivity index (χ0v) is 10.4. The summed E-state index contributed by atoms with van der Waals surface area (Å²) in [6.45, 7) is 0. The van der Waals surface area contributed by atoms with Crippen molar-refractivity contribution in [3.8, 4) is 0 Å². The monoisotopic (exact) mass is 260 g/mol. The fourth-order valence-electron chi connectivity index (χ4n) is 4.44. The highest BCUT2D eigenvalue weighted by atomic mass is 31.2. The molecule has 96 valence electrons. The van der Waals surface area contributed by atoms with Gasteiger partial charge >= 0.3 is 13.3 Å². The lowest BCUT2D eigenvalue weighted by Crippen LogP contribution is -2.51. The first-order chi connectivity index (χ1) is 7.89. The third-order valence-corrected chi connectivity index (χ3v) is 5.66. The van der Waals surface area contributed by atoms with E-state index in [9.17, 15) is 14.3 Å². The number of hydrogen-bond donors (Lipinski definition) is 2. The van der Waals surface area contributed by atoms with Crippen molar-refractivity contribution in [3.05, 3.63) is 0 Å². The minimum absolute atomic E-state index is 0.565. The molecule has 0 aliphatic heterocycles. The van der Waals surface area contributed by atoms with Crippen LogP contribution < -0.4 is 0 Å². The van der Waals surface area contributed by atoms with Crippen LogP contribution in [0.5, 0.6) is 0 Å². The van der Waals surface area contributed by atoms with E-state index in [1.165, 1.54) is 19.3 Å². The highest BCUT2D eigenvalue weighted by Crippen LogP contribution is 2.61. The highest BCUT2D eigenvalue weighted by molar-refractivity contribution is 7.70. The molecule has 5 nitrogen and oxygen atoms in total. The number of hydrogen-bond acceptors (Lipinski definition) is 3. The molecule has 0 aromatic carbocycles. The smallest absolute Gasteiger partial charge is 0.436 e. The molecule has 2 N–H and O–H groups in total. The lowest BCUT2D eigenvalue weighted by atomic mass is 9.54. The van der Waals surface area contributed by atoms with Gasteiger partial charge < -0.3 is 10.00 Å². The van der Waals surface area contributed by atoms with Crippen LogP contribution in [-0.2, 0) is 9.09 Å². The van der Waals surface area contributed by atoms with Crippen molar-refractivity contribution in [3.63, 3.8) is 0 Å². The van der Waals surface area contributed by atoms with E-state index in [-0.39, 0.29) is 0 Å². The Morgan fingerprint density at radius 2 is 1.53 bits per heavy atom. The van der Waals surface area contributed by atoms with Crippen LogP contribution in [0.4, 0.5) is 4.79 Å². The van der Waals surface area contributed by atoms with E-state index < -0.39 is 18.9 Å². The molecule has 0 heterocycles. The second kappa shape index (κ2) is 3.56. The summed E-state index contributed by atoms with van der Waals surface area (Å²) in [5.74, 6) is 1.69. The molecule has 0 spiro atoms. The van der Waals surface area contributed by atoms with Gasteiger partial charge in [0.05, 0.1) is 5.60 Å². The topological polar surface area (TPSA) is 83.8 Å². The minimum Gasteiger partial charge on any atom is -0.472 e. The number of carbonyl (C=O) groups is 1. The summed E-state index contributed by atoms with van der Waals surface area (Å²) >= 11 is 0. The average molecular weight is 260 g/mol. The molecule has 4 fully saturated rings. The summed E-state index contributed by atoms with van der Waals surface area (Å²) in [7, 11) is -4.50. The molecular formula is C11H17O5P. The fourth-order valence-corrected chi connectivity index (χ4v) is 5.27. The normalized spacial score (nSPS) is 46.8. The van der Waals surface area contributed by atoms with Crippen LogP contribution in [0.2, 0.25) is 0 Å². The molecule has 4 bridgehead atoms. The van der Waals surface area contributed by atoms with E-state index >= 15 is 0 Å². The lowest BCUT2D eigenvalue weighted by Gasteiger charge is -2.56. The van der Waals surface area contributed by atoms with Gasteiger partial charge in [-0.3, -0.25) is 4.52 Å². The maximum absolute atomic E-state index is 11.5. The van der Waals surface area contributed by atoms with Gasteiger partial charge in [0, 0.05) is 0 Å². The van der Waals surface area contributed by atoms with E-state index in [2.05, 4.69) is 0 Å². The maximum atomic E-state index is 11.5. The van der Waals surface area contributed by atoms with Crippen molar-refractivity contribution in [2.24, 2.45) is 17.8 Å². The van der Waals surface area contributed by atoms with Crippen molar-refractivity contribution in [1.82, 2.24) is 0 Å². The van der Waals surface area contributed by atoms with Gasteiger partial charge in [-0.25, -0.2) is 9.36 Å². The van der Waals surface area contributed by atoms with E-state index in [4.69, 9.17) is 9.63 Å². The largest absolute Gasteiger partial charge is 0.472 e. The van der Waals surface area contributed by atoms with Gasteiger partial charge in [-0.2, -0.15) is 0 Å². The van der Waals surface area contributed by atoms with Crippen LogP contribution in [0.3, 0.4) is 0 Å². The molecule has 0 aromatic heterocycles. The Morgan fingerprint density at radius 1 is 1.12 bits per heavy atom. The molecule has 1 unspecified atom stereocenters. The Balaban J connectivity index is 1.83. The average Bonchev–Trinajstić information content (AvgIpc) is 2.12. The Morgan fingerprint density at radius 3 is 1.88 bits per heavy atom. The first-order valence-corrected chi connectivity index (χ1v) is 7.73. The van der Waals surface area contributed by atoms with Crippen molar-refractivity contribution in [1.29, 1.82) is 0 Å². The molecule has 1 atom stereocenters. The van der Waals surface area contributed by atoms with Gasteiger partial charge in [0.25, 0.3) is 0 Å². The molecule has 4 saturated carbocycles. The molecule has 4 aliphatic carbocycles. The molecule has 6 heteroatoms. The van der Waals surface area contributed by atoms with E-state index in [1.54, 1.807) is 0 Å². The van der Waals surface area contributed by atoms with Gasteiger partial charge in [0.2, 0.25) is 0 Å². The van der Waals surface area contributed by atoms with Gasteiger partial charge in [-0.1, -0.05) is 0 Å².